The molecule has 0 atom stereocenters. The van der Waals surface area contributed by atoms with Gasteiger partial charge < -0.3 is 0 Å². The lowest BCUT2D eigenvalue weighted by Gasteiger charge is -2.19. The van der Waals surface area contributed by atoms with Gasteiger partial charge in [-0.3, -0.25) is 9.52 Å². The standard InChI is InChI=1S/C17H14ClF3N2O5S2/c1-10-2-4-12(23-16(24)6-7-29(23,25)26)9-15(10)30(27,28)22-14-5-3-11(18)8-13(14)17(19,20)21/h2-5,8-9,22H,6-7H2,1H3. The maximum absolute atomic E-state index is 13.3. The van der Waals surface area contributed by atoms with E-state index in [9.17, 15) is 34.8 Å². The molecule has 1 amide bonds. The van der Waals surface area contributed by atoms with Crippen LogP contribution in [0.3, 0.4) is 0 Å². The van der Waals surface area contributed by atoms with E-state index in [2.05, 4.69) is 0 Å². The van der Waals surface area contributed by atoms with Crippen LogP contribution in [-0.2, 0) is 31.0 Å². The second-order valence-electron chi connectivity index (χ2n) is 6.47. The van der Waals surface area contributed by atoms with E-state index < -0.39 is 54.0 Å². The molecule has 2 aromatic carbocycles. The average molecular weight is 483 g/mol. The summed E-state index contributed by atoms with van der Waals surface area (Å²) in [6.07, 6.45) is -5.13. The van der Waals surface area contributed by atoms with Crippen LogP contribution in [0.25, 0.3) is 0 Å². The van der Waals surface area contributed by atoms with Crippen molar-refractivity contribution in [2.45, 2.75) is 24.4 Å². The number of nitrogens with zero attached hydrogens (tertiary/aromatic N) is 1. The maximum atomic E-state index is 13.3. The number of rotatable bonds is 4. The smallest absolute Gasteiger partial charge is 0.279 e. The summed E-state index contributed by atoms with van der Waals surface area (Å²) in [6, 6.07) is 5.99. The highest BCUT2D eigenvalue weighted by Gasteiger charge is 2.38. The van der Waals surface area contributed by atoms with Crippen LogP contribution < -0.4 is 9.03 Å². The van der Waals surface area contributed by atoms with Gasteiger partial charge in [0.1, 0.15) is 0 Å². The molecule has 0 aromatic heterocycles. The number of benzene rings is 2. The molecule has 0 aliphatic carbocycles. The highest BCUT2D eigenvalue weighted by molar-refractivity contribution is 7.94. The van der Waals surface area contributed by atoms with E-state index in [1.807, 2.05) is 4.72 Å². The molecule has 1 aliphatic rings. The van der Waals surface area contributed by atoms with Crippen molar-refractivity contribution in [1.82, 2.24) is 0 Å². The number of carbonyl (C=O) groups excluding carboxylic acids is 1. The monoisotopic (exact) mass is 482 g/mol. The maximum Gasteiger partial charge on any atom is 0.418 e. The van der Waals surface area contributed by atoms with E-state index in [4.69, 9.17) is 11.6 Å². The average Bonchev–Trinajstić information content (AvgIpc) is 2.89. The fourth-order valence-electron chi connectivity index (χ4n) is 2.91. The minimum absolute atomic E-state index is 0.137. The second kappa shape index (κ2) is 7.43. The topological polar surface area (TPSA) is 101 Å². The van der Waals surface area contributed by atoms with E-state index in [1.165, 1.54) is 19.1 Å². The van der Waals surface area contributed by atoms with Crippen LogP contribution in [-0.4, -0.2) is 28.5 Å². The summed E-state index contributed by atoms with van der Waals surface area (Å²) in [5.74, 6) is -1.15. The number of nitrogens with one attached hydrogen (secondary N) is 1. The van der Waals surface area contributed by atoms with Gasteiger partial charge in [-0.2, -0.15) is 13.2 Å². The third kappa shape index (κ3) is 4.25. The SMILES string of the molecule is Cc1ccc(N2C(=O)CCS2(=O)=O)cc1S(=O)(=O)Nc1ccc(Cl)cc1C(F)(F)F. The summed E-state index contributed by atoms with van der Waals surface area (Å²) in [6.45, 7) is 1.38. The summed E-state index contributed by atoms with van der Waals surface area (Å²) in [7, 11) is -8.52. The summed E-state index contributed by atoms with van der Waals surface area (Å²) in [4.78, 5) is 11.5. The van der Waals surface area contributed by atoms with Gasteiger partial charge in [0.05, 0.1) is 27.6 Å². The number of aryl methyl sites for hydroxylation is 1. The molecule has 0 spiro atoms. The van der Waals surface area contributed by atoms with Crippen molar-refractivity contribution in [3.05, 3.63) is 52.5 Å². The van der Waals surface area contributed by atoms with Gasteiger partial charge in [-0.05, 0) is 42.8 Å². The lowest BCUT2D eigenvalue weighted by molar-refractivity contribution is -0.136. The number of halogens is 4. The normalized spacial score (nSPS) is 16.7. The minimum Gasteiger partial charge on any atom is -0.279 e. The van der Waals surface area contributed by atoms with Crippen LogP contribution in [0, 0.1) is 6.92 Å². The third-order valence-corrected chi connectivity index (χ3v) is 7.74. The zero-order chi connectivity index (χ0) is 22.5. The van der Waals surface area contributed by atoms with Gasteiger partial charge in [-0.1, -0.05) is 17.7 Å². The number of carbonyl (C=O) groups is 1. The summed E-state index contributed by atoms with van der Waals surface area (Å²) >= 11 is 5.60. The molecule has 1 fully saturated rings. The van der Waals surface area contributed by atoms with Gasteiger partial charge in [0.2, 0.25) is 15.9 Å². The Morgan fingerprint density at radius 1 is 1.13 bits per heavy atom. The van der Waals surface area contributed by atoms with Crippen LogP contribution in [0.15, 0.2) is 41.3 Å². The molecule has 0 bridgehead atoms. The van der Waals surface area contributed by atoms with E-state index in [0.29, 0.717) is 10.4 Å². The Balaban J connectivity index is 2.08. The highest BCUT2D eigenvalue weighted by Crippen LogP contribution is 2.38. The largest absolute Gasteiger partial charge is 0.418 e. The first kappa shape index (κ1) is 22.4. The van der Waals surface area contributed by atoms with Gasteiger partial charge >= 0.3 is 6.18 Å². The molecule has 0 unspecified atom stereocenters. The van der Waals surface area contributed by atoms with Gasteiger partial charge in [0.15, 0.2) is 0 Å². The fraction of sp³-hybridized carbons (Fsp3) is 0.235. The summed E-state index contributed by atoms with van der Waals surface area (Å²) in [5.41, 5.74) is -2.11. The number of anilines is 2. The molecule has 2 aromatic rings. The van der Waals surface area contributed by atoms with Crippen LogP contribution >= 0.6 is 11.6 Å². The van der Waals surface area contributed by atoms with Crippen LogP contribution in [0.2, 0.25) is 5.02 Å². The van der Waals surface area contributed by atoms with Crippen molar-refractivity contribution >= 4 is 48.9 Å². The first-order valence-corrected chi connectivity index (χ1v) is 11.8. The Hall–Kier alpha value is -2.31. The molecule has 0 radical (unpaired) electrons. The molecule has 1 aliphatic heterocycles. The van der Waals surface area contributed by atoms with Crippen molar-refractivity contribution in [3.63, 3.8) is 0 Å². The van der Waals surface area contributed by atoms with Gasteiger partial charge in [-0.25, -0.2) is 21.1 Å². The Labute approximate surface area is 175 Å². The van der Waals surface area contributed by atoms with E-state index >= 15 is 0 Å². The van der Waals surface area contributed by atoms with Crippen LogP contribution in [0.4, 0.5) is 24.5 Å². The van der Waals surface area contributed by atoms with E-state index in [1.54, 1.807) is 0 Å². The zero-order valence-electron chi connectivity index (χ0n) is 15.2. The van der Waals surface area contributed by atoms with Crippen LogP contribution in [0.1, 0.15) is 17.5 Å². The number of hydrogen-bond donors (Lipinski definition) is 1. The number of alkyl halides is 3. The Kier molecular flexibility index (Phi) is 5.54. The number of amides is 1. The number of hydrogen-bond acceptors (Lipinski definition) is 5. The second-order valence-corrected chi connectivity index (χ2v) is 10.5. The third-order valence-electron chi connectivity index (χ3n) is 4.31. The summed E-state index contributed by atoms with van der Waals surface area (Å²) < 4.78 is 92.1. The fourth-order valence-corrected chi connectivity index (χ4v) is 5.88. The Bertz CT molecular complexity index is 1240. The lowest BCUT2D eigenvalue weighted by atomic mass is 10.2. The predicted molar refractivity (Wildman–Crippen MR) is 104 cm³/mol. The van der Waals surface area contributed by atoms with Crippen molar-refractivity contribution in [2.75, 3.05) is 14.8 Å². The summed E-state index contributed by atoms with van der Waals surface area (Å²) in [5, 5.41) is -0.235. The zero-order valence-corrected chi connectivity index (χ0v) is 17.6. The molecule has 1 saturated heterocycles. The van der Waals surface area contributed by atoms with E-state index in [-0.39, 0.29) is 22.7 Å². The first-order valence-electron chi connectivity index (χ1n) is 8.28. The Morgan fingerprint density at radius 2 is 1.80 bits per heavy atom. The highest BCUT2D eigenvalue weighted by atomic mass is 35.5. The number of sulfonamides is 2. The quantitative estimate of drug-likeness (QED) is 0.718. The molecular formula is C17H14ClF3N2O5S2. The molecule has 162 valence electrons. The van der Waals surface area contributed by atoms with Crippen molar-refractivity contribution in [1.29, 1.82) is 0 Å². The predicted octanol–water partition coefficient (Wildman–Crippen LogP) is 3.53. The molecule has 0 saturated carbocycles. The first-order chi connectivity index (χ1) is 13.7. The van der Waals surface area contributed by atoms with Crippen LogP contribution in [0.5, 0.6) is 0 Å². The molecule has 3 rings (SSSR count). The molecule has 30 heavy (non-hydrogen) atoms. The molecule has 7 nitrogen and oxygen atoms in total. The molecular weight excluding hydrogens is 469 g/mol. The Morgan fingerprint density at radius 3 is 2.37 bits per heavy atom. The van der Waals surface area contributed by atoms with E-state index in [0.717, 1.165) is 18.2 Å². The lowest BCUT2D eigenvalue weighted by Crippen LogP contribution is -2.29. The molecule has 13 heteroatoms. The van der Waals surface area contributed by atoms with Gasteiger partial charge in [-0.15, -0.1) is 0 Å². The van der Waals surface area contributed by atoms with Crippen molar-refractivity contribution in [2.24, 2.45) is 0 Å². The molecule has 1 N–H and O–H groups in total. The van der Waals surface area contributed by atoms with Gasteiger partial charge in [0.25, 0.3) is 10.0 Å². The van der Waals surface area contributed by atoms with Gasteiger partial charge in [0, 0.05) is 11.4 Å². The molecule has 1 heterocycles. The van der Waals surface area contributed by atoms with Crippen molar-refractivity contribution < 1.29 is 34.8 Å². The minimum atomic E-state index is -4.88. The van der Waals surface area contributed by atoms with Crippen molar-refractivity contribution in [3.8, 4) is 0 Å².